The number of imide groups is 1. The van der Waals surface area contributed by atoms with Crippen LogP contribution in [0.2, 0.25) is 0 Å². The van der Waals surface area contributed by atoms with Gasteiger partial charge in [0, 0.05) is 93.4 Å². The smallest absolute Gasteiger partial charge is 0.308 e. The number of esters is 1. The maximum absolute atomic E-state index is 14.6. The molecule has 3 atom stereocenters. The quantitative estimate of drug-likeness (QED) is 0.0752. The maximum atomic E-state index is 14.6. The monoisotopic (exact) mass is 1210 g/mol. The minimum atomic E-state index is -1.29. The zero-order chi connectivity index (χ0) is 64.9. The van der Waals surface area contributed by atoms with Crippen LogP contribution in [0.25, 0.3) is 0 Å². The molecule has 2 saturated heterocycles. The third-order valence-corrected chi connectivity index (χ3v) is 14.5. The number of carbonyl (C=O) groups is 15. The van der Waals surface area contributed by atoms with Crippen LogP contribution >= 0.6 is 0 Å². The van der Waals surface area contributed by atoms with Gasteiger partial charge in [0.15, 0.2) is 0 Å². The lowest BCUT2D eigenvalue weighted by molar-refractivity contribution is -0.149. The molecule has 0 saturated carbocycles. The van der Waals surface area contributed by atoms with E-state index in [2.05, 4.69) is 16.0 Å². The van der Waals surface area contributed by atoms with Crippen molar-refractivity contribution >= 4 is 94.4 Å². The lowest BCUT2D eigenvalue weighted by Crippen LogP contribution is -2.56. The Morgan fingerprint density at radius 2 is 1.01 bits per heavy atom. The highest BCUT2D eigenvalue weighted by molar-refractivity contribution is 6.03. The summed E-state index contributed by atoms with van der Waals surface area (Å²) in [6.07, 6.45) is 0.687. The van der Waals surface area contributed by atoms with Gasteiger partial charge in [-0.15, -0.1) is 0 Å². The summed E-state index contributed by atoms with van der Waals surface area (Å²) < 4.78 is 5.25. The Hall–Kier alpha value is -8.53. The average molecular weight is 1210 g/mol. The highest BCUT2D eigenvalue weighted by atomic mass is 16.5. The van der Waals surface area contributed by atoms with Gasteiger partial charge in [-0.1, -0.05) is 53.2 Å². The third-order valence-electron chi connectivity index (χ3n) is 14.5. The number of likely N-dealkylation sites (tertiary alicyclic amines) is 1. The number of nitrogens with zero attached hydrogens (tertiary/aromatic N) is 10. The van der Waals surface area contributed by atoms with Gasteiger partial charge >= 0.3 is 5.97 Å². The molecule has 29 nitrogen and oxygen atoms in total. The summed E-state index contributed by atoms with van der Waals surface area (Å²) in [4.78, 5) is 211. The summed E-state index contributed by atoms with van der Waals surface area (Å²) in [6.45, 7) is 3.94. The molecule has 3 N–H and O–H groups in total. The van der Waals surface area contributed by atoms with Crippen LogP contribution in [0.15, 0.2) is 24.3 Å². The molecule has 1 aromatic carbocycles. The molecule has 2 aliphatic heterocycles. The van der Waals surface area contributed by atoms with Crippen LogP contribution < -0.4 is 16.0 Å². The normalized spacial score (nSPS) is 18.0. The van der Waals surface area contributed by atoms with E-state index in [-0.39, 0.29) is 69.2 Å². The Kier molecular flexibility index (Phi) is 28.2. The molecular weight excluding hydrogens is 1120 g/mol. The Morgan fingerprint density at radius 1 is 0.558 bits per heavy atom. The zero-order valence-corrected chi connectivity index (χ0v) is 51.9. The molecule has 3 rings (SSSR count). The van der Waals surface area contributed by atoms with Gasteiger partial charge in [-0.2, -0.15) is 0 Å². The molecule has 1 unspecified atom stereocenters. The number of ether oxygens (including phenoxy) is 1. The van der Waals surface area contributed by atoms with E-state index >= 15 is 0 Å². The Bertz CT molecular complexity index is 2690. The van der Waals surface area contributed by atoms with E-state index < -0.39 is 154 Å². The highest BCUT2D eigenvalue weighted by Gasteiger charge is 2.36. The fraction of sp³-hybridized carbons (Fsp3) is 0.632. The molecular formula is C57H87N13O16. The maximum Gasteiger partial charge on any atom is 0.308 e. The van der Waals surface area contributed by atoms with Crippen molar-refractivity contribution in [3.8, 4) is 0 Å². The SMILES string of the molecule is CC(C)C(=O)OCc1ccc(NC(=O)[C@H](C)NC(=O)[C@@H](NC(=O)CN(CC(=O)N2CC(=O)N(C)CCN(C)C(=O)CN(C)C(=O)CN(C)C(=O)CN(C)C(=O)CN(C)C(=O)CN(C)C(=O)C2)C(=O)CCCCCN2C(=O)CC(C)C2=O)C(C)C)cc1. The molecule has 0 aromatic heterocycles. The van der Waals surface area contributed by atoms with Crippen LogP contribution in [0.4, 0.5) is 5.69 Å². The first kappa shape index (κ1) is 71.7. The highest BCUT2D eigenvalue weighted by Crippen LogP contribution is 2.20. The molecule has 2 fully saturated rings. The third kappa shape index (κ3) is 22.8. The van der Waals surface area contributed by atoms with Gasteiger partial charge in [0.25, 0.3) is 0 Å². The first-order valence-electron chi connectivity index (χ1n) is 28.4. The molecule has 0 spiro atoms. The lowest BCUT2D eigenvalue weighted by Gasteiger charge is -2.31. The summed E-state index contributed by atoms with van der Waals surface area (Å²) >= 11 is 0. The van der Waals surface area contributed by atoms with Gasteiger partial charge in [0.05, 0.1) is 38.6 Å². The van der Waals surface area contributed by atoms with Crippen molar-refractivity contribution in [2.24, 2.45) is 17.8 Å². The van der Waals surface area contributed by atoms with Crippen molar-refractivity contribution in [3.63, 3.8) is 0 Å². The first-order valence-corrected chi connectivity index (χ1v) is 28.4. The zero-order valence-electron chi connectivity index (χ0n) is 51.9. The van der Waals surface area contributed by atoms with E-state index in [1.54, 1.807) is 58.9 Å². The molecule has 0 aliphatic carbocycles. The fourth-order valence-corrected chi connectivity index (χ4v) is 8.42. The van der Waals surface area contributed by atoms with Crippen molar-refractivity contribution in [3.05, 3.63) is 29.8 Å². The molecule has 2 aliphatic rings. The van der Waals surface area contributed by atoms with Crippen LogP contribution in [-0.4, -0.2) is 278 Å². The second-order valence-corrected chi connectivity index (χ2v) is 22.6. The number of carbonyl (C=O) groups excluding carboxylic acids is 15. The number of unbranched alkanes of at least 4 members (excludes halogenated alkanes) is 2. The van der Waals surface area contributed by atoms with Crippen LogP contribution in [0.5, 0.6) is 0 Å². The summed E-state index contributed by atoms with van der Waals surface area (Å²) in [5, 5.41) is 7.88. The molecule has 0 radical (unpaired) electrons. The van der Waals surface area contributed by atoms with Crippen LogP contribution in [0.3, 0.4) is 0 Å². The van der Waals surface area contributed by atoms with Gasteiger partial charge in [0.1, 0.15) is 44.9 Å². The largest absolute Gasteiger partial charge is 0.461 e. The summed E-state index contributed by atoms with van der Waals surface area (Å²) in [7, 11) is 9.36. The van der Waals surface area contributed by atoms with E-state index in [1.807, 2.05) is 0 Å². The van der Waals surface area contributed by atoms with Gasteiger partial charge in [-0.05, 0) is 43.4 Å². The molecule has 14 amide bonds. The number of nitrogens with one attached hydrogen (secondary N) is 3. The number of hydrogen-bond acceptors (Lipinski definition) is 16. The molecule has 29 heteroatoms. The second kappa shape index (κ2) is 33.8. The fourth-order valence-electron chi connectivity index (χ4n) is 8.42. The number of amides is 14. The van der Waals surface area contributed by atoms with Crippen LogP contribution in [-0.2, 0) is 83.3 Å². The van der Waals surface area contributed by atoms with Gasteiger partial charge in [-0.3, -0.25) is 76.8 Å². The summed E-state index contributed by atoms with van der Waals surface area (Å²) in [5.74, 6) is -11.1. The van der Waals surface area contributed by atoms with E-state index in [0.717, 1.165) is 34.3 Å². The standard InChI is InChI=1S/C57H87N13O16/c1-36(2)53(55(83)58-39(6)54(82)59-41-20-18-40(19-21-41)35-86-57(85)37(3)4)60-42(71)26-68(43(72)17-15-14-16-22-70-44(73)25-38(5)56(70)84)34-52(81)69-32-50(79)62(8)24-23-61(7)45(74)27-63(9)46(75)28-64(10)47(76)29-65(11)48(77)30-66(12)49(78)31-67(13)51(80)33-69/h18-21,36-39,53H,14-17,22-35H2,1-13H3,(H,58,83)(H,59,82)(H,60,71)/t38?,39-,53-/m0/s1. The number of hydrogen-bond donors (Lipinski definition) is 3. The Balaban J connectivity index is 1.90. The second-order valence-electron chi connectivity index (χ2n) is 22.6. The van der Waals surface area contributed by atoms with Gasteiger partial charge < -0.3 is 64.8 Å². The van der Waals surface area contributed by atoms with E-state index in [1.165, 1.54) is 71.0 Å². The molecule has 0 bridgehead atoms. The number of likely N-dealkylation sites (N-methyl/N-ethyl adjacent to an activating group) is 7. The predicted molar refractivity (Wildman–Crippen MR) is 310 cm³/mol. The van der Waals surface area contributed by atoms with E-state index in [0.29, 0.717) is 24.1 Å². The molecule has 86 heavy (non-hydrogen) atoms. The van der Waals surface area contributed by atoms with E-state index in [4.69, 9.17) is 4.74 Å². The van der Waals surface area contributed by atoms with Crippen molar-refractivity contribution in [1.82, 2.24) is 59.6 Å². The Labute approximate surface area is 502 Å². The van der Waals surface area contributed by atoms with Gasteiger partial charge in [0.2, 0.25) is 82.7 Å². The topological polar surface area (TPSA) is 334 Å². The summed E-state index contributed by atoms with van der Waals surface area (Å²) in [5.41, 5.74) is 1.05. The van der Waals surface area contributed by atoms with Crippen LogP contribution in [0, 0.1) is 17.8 Å². The van der Waals surface area contributed by atoms with E-state index in [9.17, 15) is 71.9 Å². The first-order chi connectivity index (χ1) is 40.2. The minimum Gasteiger partial charge on any atom is -0.461 e. The van der Waals surface area contributed by atoms with Crippen molar-refractivity contribution in [2.75, 3.05) is 133 Å². The van der Waals surface area contributed by atoms with Crippen molar-refractivity contribution < 1.29 is 76.7 Å². The van der Waals surface area contributed by atoms with Crippen LogP contribution in [0.1, 0.15) is 79.2 Å². The lowest BCUT2D eigenvalue weighted by atomic mass is 10.0. The summed E-state index contributed by atoms with van der Waals surface area (Å²) in [6, 6.07) is 4.07. The molecule has 476 valence electrons. The van der Waals surface area contributed by atoms with Crippen molar-refractivity contribution in [1.29, 1.82) is 0 Å². The van der Waals surface area contributed by atoms with Crippen molar-refractivity contribution in [2.45, 2.75) is 92.3 Å². The Morgan fingerprint density at radius 3 is 1.45 bits per heavy atom. The number of anilines is 1. The predicted octanol–water partition coefficient (Wildman–Crippen LogP) is -2.20. The van der Waals surface area contributed by atoms with Gasteiger partial charge in [-0.25, -0.2) is 0 Å². The minimum absolute atomic E-state index is 0.0281. The number of benzene rings is 1. The molecule has 1 aromatic rings. The number of rotatable bonds is 19. The molecule has 2 heterocycles. The average Bonchev–Trinajstić information content (AvgIpc) is 3.97.